The van der Waals surface area contributed by atoms with Gasteiger partial charge in [-0.3, -0.25) is 9.59 Å². The topological polar surface area (TPSA) is 141 Å². The summed E-state index contributed by atoms with van der Waals surface area (Å²) in [6.45, 7) is 2.54. The van der Waals surface area contributed by atoms with Crippen LogP contribution in [0.15, 0.2) is 10.2 Å². The van der Waals surface area contributed by atoms with Gasteiger partial charge in [-0.05, 0) is 24.9 Å². The number of ether oxygens (including phenoxy) is 1. The van der Waals surface area contributed by atoms with Gasteiger partial charge < -0.3 is 4.74 Å². The summed E-state index contributed by atoms with van der Waals surface area (Å²) in [6, 6.07) is -2.20. The van der Waals surface area contributed by atoms with E-state index in [1.807, 2.05) is 0 Å². The molecule has 0 N–H and O–H groups in total. The Morgan fingerprint density at radius 3 is 1.67 bits per heavy atom. The third kappa shape index (κ3) is 4.51. The summed E-state index contributed by atoms with van der Waals surface area (Å²) in [5, 5.41) is 6.07. The number of hydrogen-bond donors (Lipinski definition) is 0. The van der Waals surface area contributed by atoms with E-state index in [1.54, 1.807) is 0 Å². The zero-order valence-electron chi connectivity index (χ0n) is 8.06. The summed E-state index contributed by atoms with van der Waals surface area (Å²) in [4.78, 5) is 26.8. The van der Waals surface area contributed by atoms with Crippen LogP contribution in [-0.2, 0) is 14.3 Å². The van der Waals surface area contributed by atoms with Gasteiger partial charge in [-0.1, -0.05) is 10.2 Å². The largest absolute Gasteiger partial charge is 0.393 e. The molecule has 0 aliphatic heterocycles. The molecule has 0 aromatic rings. The Bertz CT molecular complexity index is 320. The Balaban J connectivity index is 4.35. The van der Waals surface area contributed by atoms with Crippen LogP contribution in [-0.4, -0.2) is 24.0 Å². The number of azide groups is 2. The van der Waals surface area contributed by atoms with Crippen molar-refractivity contribution in [3.63, 3.8) is 0 Å². The third-order valence-electron chi connectivity index (χ3n) is 1.33. The molecule has 0 aliphatic rings. The van der Waals surface area contributed by atoms with E-state index < -0.39 is 24.0 Å². The van der Waals surface area contributed by atoms with Crippen LogP contribution in [0, 0.1) is 0 Å². The second-order valence-electron chi connectivity index (χ2n) is 2.50. The van der Waals surface area contributed by atoms with E-state index in [2.05, 4.69) is 24.8 Å². The monoisotopic (exact) mass is 212 g/mol. The van der Waals surface area contributed by atoms with Crippen LogP contribution in [0.3, 0.4) is 0 Å². The van der Waals surface area contributed by atoms with E-state index in [4.69, 9.17) is 11.1 Å². The molecule has 0 saturated heterocycles. The third-order valence-corrected chi connectivity index (χ3v) is 1.33. The Morgan fingerprint density at radius 2 is 1.40 bits per heavy atom. The van der Waals surface area contributed by atoms with Crippen LogP contribution in [0.25, 0.3) is 20.9 Å². The molecule has 0 saturated carbocycles. The van der Waals surface area contributed by atoms with Gasteiger partial charge in [-0.15, -0.1) is 0 Å². The van der Waals surface area contributed by atoms with Crippen molar-refractivity contribution in [2.45, 2.75) is 25.9 Å². The number of hydrogen-bond acceptors (Lipinski definition) is 5. The molecule has 0 aromatic carbocycles. The van der Waals surface area contributed by atoms with Gasteiger partial charge in [-0.25, -0.2) is 0 Å². The molecule has 0 aliphatic carbocycles. The fourth-order valence-corrected chi connectivity index (χ4v) is 0.519. The first kappa shape index (κ1) is 12.8. The molecule has 9 nitrogen and oxygen atoms in total. The van der Waals surface area contributed by atoms with E-state index in [9.17, 15) is 9.59 Å². The summed E-state index contributed by atoms with van der Waals surface area (Å²) in [6.07, 6.45) is 0. The van der Waals surface area contributed by atoms with Crippen LogP contribution in [0.2, 0.25) is 0 Å². The lowest BCUT2D eigenvalue weighted by Gasteiger charge is -2.06. The van der Waals surface area contributed by atoms with Crippen molar-refractivity contribution in [2.24, 2.45) is 10.2 Å². The van der Waals surface area contributed by atoms with E-state index in [0.717, 1.165) is 0 Å². The molecule has 0 amide bonds. The summed E-state index contributed by atoms with van der Waals surface area (Å²) in [5.41, 5.74) is 16.0. The number of rotatable bonds is 4. The van der Waals surface area contributed by atoms with E-state index in [-0.39, 0.29) is 0 Å². The van der Waals surface area contributed by atoms with Gasteiger partial charge in [0.1, 0.15) is 12.1 Å². The smallest absolute Gasteiger partial charge is 0.322 e. The fraction of sp³-hybridized carbons (Fsp3) is 0.667. The molecule has 2 atom stereocenters. The van der Waals surface area contributed by atoms with E-state index in [1.165, 1.54) is 13.8 Å². The molecule has 0 spiro atoms. The zero-order valence-corrected chi connectivity index (χ0v) is 8.06. The predicted octanol–water partition coefficient (Wildman–Crippen LogP) is 1.45. The highest BCUT2D eigenvalue weighted by Crippen LogP contribution is 1.99. The summed E-state index contributed by atoms with van der Waals surface area (Å²) < 4.78 is 4.27. The van der Waals surface area contributed by atoms with Gasteiger partial charge in [0.25, 0.3) is 0 Å². The summed E-state index contributed by atoms with van der Waals surface area (Å²) in [7, 11) is 0. The minimum atomic E-state index is -1.10. The number of carbonyl (C=O) groups excluding carboxylic acids is 2. The van der Waals surface area contributed by atoms with Crippen molar-refractivity contribution >= 4 is 11.9 Å². The maximum Gasteiger partial charge on any atom is 0.322 e. The normalized spacial score (nSPS) is 12.7. The lowest BCUT2D eigenvalue weighted by atomic mass is 10.3. The molecule has 0 heterocycles. The van der Waals surface area contributed by atoms with Gasteiger partial charge in [0.2, 0.25) is 0 Å². The highest BCUT2D eigenvalue weighted by molar-refractivity contribution is 5.90. The molecule has 0 rings (SSSR count). The predicted molar refractivity (Wildman–Crippen MR) is 48.3 cm³/mol. The van der Waals surface area contributed by atoms with Crippen molar-refractivity contribution in [3.05, 3.63) is 20.9 Å². The number of nitrogens with zero attached hydrogens (tertiary/aromatic N) is 6. The van der Waals surface area contributed by atoms with Gasteiger partial charge in [-0.2, -0.15) is 0 Å². The van der Waals surface area contributed by atoms with Crippen molar-refractivity contribution in [1.82, 2.24) is 0 Å². The molecule has 15 heavy (non-hydrogen) atoms. The summed E-state index contributed by atoms with van der Waals surface area (Å²) in [5.74, 6) is -1.98. The average molecular weight is 212 g/mol. The van der Waals surface area contributed by atoms with E-state index in [0.29, 0.717) is 0 Å². The Labute approximate surface area is 84.3 Å². The lowest BCUT2D eigenvalue weighted by Crippen LogP contribution is -2.26. The highest BCUT2D eigenvalue weighted by Gasteiger charge is 2.20. The fourth-order valence-electron chi connectivity index (χ4n) is 0.519. The molecule has 0 radical (unpaired) electrons. The van der Waals surface area contributed by atoms with E-state index >= 15 is 0 Å². The standard InChI is InChI=1S/C6H8N6O3/c1-3(9-11-7)5(13)15-6(14)4(2)10-12-8/h3-4H,1-2H3. The number of carbonyl (C=O) groups is 2. The first-order valence-corrected chi connectivity index (χ1v) is 3.86. The first-order valence-electron chi connectivity index (χ1n) is 3.86. The molecular weight excluding hydrogens is 204 g/mol. The second kappa shape index (κ2) is 6.25. The highest BCUT2D eigenvalue weighted by atomic mass is 16.6. The van der Waals surface area contributed by atoms with Crippen molar-refractivity contribution in [1.29, 1.82) is 0 Å². The first-order chi connectivity index (χ1) is 7.02. The van der Waals surface area contributed by atoms with Gasteiger partial charge in [0.05, 0.1) is 0 Å². The summed E-state index contributed by atoms with van der Waals surface area (Å²) >= 11 is 0. The minimum absolute atomic E-state index is 0.988. The minimum Gasteiger partial charge on any atom is -0.393 e. The second-order valence-corrected chi connectivity index (χ2v) is 2.50. The van der Waals surface area contributed by atoms with Crippen molar-refractivity contribution < 1.29 is 14.3 Å². The lowest BCUT2D eigenvalue weighted by molar-refractivity contribution is -0.160. The quantitative estimate of drug-likeness (QED) is 0.229. The molecule has 80 valence electrons. The van der Waals surface area contributed by atoms with Crippen LogP contribution in [0.1, 0.15) is 13.8 Å². The van der Waals surface area contributed by atoms with Crippen LogP contribution in [0.4, 0.5) is 0 Å². The van der Waals surface area contributed by atoms with Gasteiger partial charge in [0, 0.05) is 9.82 Å². The molecule has 0 aromatic heterocycles. The Morgan fingerprint density at radius 1 is 1.07 bits per heavy atom. The Kier molecular flexibility index (Phi) is 5.32. The van der Waals surface area contributed by atoms with Crippen molar-refractivity contribution in [3.8, 4) is 0 Å². The maximum atomic E-state index is 11.0. The zero-order chi connectivity index (χ0) is 11.8. The SMILES string of the molecule is CC(N=[N+]=[N-])C(=O)OC(=O)C(C)N=[N+]=[N-]. The van der Waals surface area contributed by atoms with Gasteiger partial charge in [0.15, 0.2) is 0 Å². The molecular formula is C6H8N6O3. The van der Waals surface area contributed by atoms with Crippen LogP contribution >= 0.6 is 0 Å². The van der Waals surface area contributed by atoms with Crippen LogP contribution < -0.4 is 0 Å². The number of esters is 2. The molecule has 0 fully saturated rings. The molecule has 0 bridgehead atoms. The van der Waals surface area contributed by atoms with Gasteiger partial charge >= 0.3 is 11.9 Å². The van der Waals surface area contributed by atoms with Crippen LogP contribution in [0.5, 0.6) is 0 Å². The van der Waals surface area contributed by atoms with Crippen molar-refractivity contribution in [2.75, 3.05) is 0 Å². The Hall–Kier alpha value is -2.24. The molecule has 2 unspecified atom stereocenters. The average Bonchev–Trinajstić information content (AvgIpc) is 2.18. The molecule has 9 heteroatoms. The maximum absolute atomic E-state index is 11.0.